The van der Waals surface area contributed by atoms with Gasteiger partial charge in [-0.2, -0.15) is 0 Å². The fourth-order valence-corrected chi connectivity index (χ4v) is 8.13. The van der Waals surface area contributed by atoms with Gasteiger partial charge < -0.3 is 20.3 Å². The lowest BCUT2D eigenvalue weighted by Crippen LogP contribution is -2.63. The maximum absolute atomic E-state index is 13.4. The van der Waals surface area contributed by atoms with Crippen molar-refractivity contribution in [1.82, 2.24) is 5.32 Å². The van der Waals surface area contributed by atoms with Gasteiger partial charge in [0.25, 0.3) is 0 Å². The summed E-state index contributed by atoms with van der Waals surface area (Å²) < 4.78 is 11.4. The van der Waals surface area contributed by atoms with Gasteiger partial charge in [-0.3, -0.25) is 4.79 Å². The molecule has 2 amide bonds. The van der Waals surface area contributed by atoms with Gasteiger partial charge in [0, 0.05) is 29.2 Å². The molecule has 0 spiro atoms. The van der Waals surface area contributed by atoms with Gasteiger partial charge >= 0.3 is 12.2 Å². The number of hydrogen-bond donors (Lipinski definition) is 3. The fraction of sp³-hybridized carbons (Fsp3) is 0.821. The Morgan fingerprint density at radius 3 is 2.36 bits per heavy atom. The van der Waals surface area contributed by atoms with Crippen LogP contribution in [0.1, 0.15) is 85.5 Å². The second-order valence-electron chi connectivity index (χ2n) is 12.5. The highest BCUT2D eigenvalue weighted by molar-refractivity contribution is 5.88. The molecule has 2 unspecified atom stereocenters. The number of rotatable bonds is 3. The van der Waals surface area contributed by atoms with Crippen LogP contribution in [0, 0.1) is 34.0 Å². The highest BCUT2D eigenvalue weighted by Gasteiger charge is 2.68. The van der Waals surface area contributed by atoms with Crippen molar-refractivity contribution in [3.8, 4) is 0 Å². The van der Waals surface area contributed by atoms with Crippen molar-refractivity contribution in [3.63, 3.8) is 0 Å². The number of aliphatic hydroxyl groups is 1. The highest BCUT2D eigenvalue weighted by Crippen LogP contribution is 2.67. The van der Waals surface area contributed by atoms with E-state index in [1.807, 2.05) is 6.92 Å². The number of carbonyl (C=O) groups excluding carboxylic acids is 3. The van der Waals surface area contributed by atoms with Gasteiger partial charge in [-0.05, 0) is 68.6 Å². The minimum Gasteiger partial charge on any atom is -0.446 e. The van der Waals surface area contributed by atoms with E-state index in [0.29, 0.717) is 25.7 Å². The van der Waals surface area contributed by atoms with E-state index in [4.69, 9.17) is 15.2 Å². The average molecular weight is 505 g/mol. The van der Waals surface area contributed by atoms with Crippen molar-refractivity contribution >= 4 is 18.0 Å². The fourth-order valence-electron chi connectivity index (χ4n) is 8.13. The van der Waals surface area contributed by atoms with E-state index in [1.54, 1.807) is 6.08 Å². The molecule has 0 aromatic heterocycles. The number of ether oxygens (including phenoxy) is 2. The number of nitrogens with two attached hydrogens (primary N) is 1. The zero-order chi connectivity index (χ0) is 26.5. The Balaban J connectivity index is 1.59. The van der Waals surface area contributed by atoms with Crippen LogP contribution in [-0.4, -0.2) is 47.4 Å². The van der Waals surface area contributed by atoms with Crippen LogP contribution in [-0.2, 0) is 14.3 Å². The van der Waals surface area contributed by atoms with E-state index in [9.17, 15) is 19.5 Å². The van der Waals surface area contributed by atoms with Crippen LogP contribution in [0.5, 0.6) is 0 Å². The third kappa shape index (κ3) is 4.38. The normalized spacial score (nSPS) is 46.6. The van der Waals surface area contributed by atoms with Crippen LogP contribution in [0.3, 0.4) is 0 Å². The topological polar surface area (TPSA) is 128 Å². The molecule has 4 rings (SSSR count). The minimum atomic E-state index is -0.887. The van der Waals surface area contributed by atoms with Crippen molar-refractivity contribution < 1.29 is 29.0 Å². The standard InChI is InChI=1S/C28H44N2O6/c1-6-26(4)15-21(36-25(34)30-24(33)35-19-9-7-18(29)8-10-19)27(5)16(2)11-13-28(17(3)23(26)32)14-12-20(31)22(27)28/h6,16-19,21-23,32H,1,7-15,29H2,2-5H3,(H,30,33,34)/t16-,17+,18?,19?,21-,22?,23+,26-,27+,28?/m1/s1. The molecule has 4 aliphatic rings. The van der Waals surface area contributed by atoms with Crippen molar-refractivity contribution in [1.29, 1.82) is 0 Å². The lowest BCUT2D eigenvalue weighted by Gasteiger charge is -2.61. The van der Waals surface area contributed by atoms with E-state index in [1.165, 1.54) is 0 Å². The number of imide groups is 1. The summed E-state index contributed by atoms with van der Waals surface area (Å²) in [5, 5.41) is 13.8. The van der Waals surface area contributed by atoms with Gasteiger partial charge in [0.15, 0.2) is 0 Å². The van der Waals surface area contributed by atoms with Gasteiger partial charge in [-0.25, -0.2) is 14.9 Å². The van der Waals surface area contributed by atoms with Crippen LogP contribution in [0.2, 0.25) is 0 Å². The molecule has 0 heterocycles. The first-order chi connectivity index (χ1) is 16.9. The molecule has 0 aromatic carbocycles. The molecule has 4 fully saturated rings. The summed E-state index contributed by atoms with van der Waals surface area (Å²) in [6, 6.07) is 0.123. The quantitative estimate of drug-likeness (QED) is 0.483. The summed E-state index contributed by atoms with van der Waals surface area (Å²) in [7, 11) is 0. The predicted molar refractivity (Wildman–Crippen MR) is 135 cm³/mol. The Kier molecular flexibility index (Phi) is 7.34. The molecule has 8 nitrogen and oxygen atoms in total. The molecular weight excluding hydrogens is 460 g/mol. The number of carbonyl (C=O) groups is 3. The summed E-state index contributed by atoms with van der Waals surface area (Å²) in [4.78, 5) is 38.9. The number of alkyl carbamates (subject to hydrolysis) is 2. The van der Waals surface area contributed by atoms with Gasteiger partial charge in [0.2, 0.25) is 0 Å². The number of ketones is 1. The first kappa shape index (κ1) is 27.1. The van der Waals surface area contributed by atoms with Gasteiger partial charge in [-0.1, -0.05) is 33.8 Å². The van der Waals surface area contributed by atoms with Crippen LogP contribution in [0.4, 0.5) is 9.59 Å². The maximum atomic E-state index is 13.4. The third-order valence-corrected chi connectivity index (χ3v) is 10.7. The summed E-state index contributed by atoms with van der Waals surface area (Å²) in [5.74, 6) is -0.110. The van der Waals surface area contributed by atoms with Gasteiger partial charge in [-0.15, -0.1) is 6.58 Å². The summed E-state index contributed by atoms with van der Waals surface area (Å²) in [6.45, 7) is 12.2. The Morgan fingerprint density at radius 1 is 1.08 bits per heavy atom. The Labute approximate surface area is 214 Å². The molecular formula is C28H44N2O6. The number of nitrogens with one attached hydrogen (secondary N) is 1. The van der Waals surface area contributed by atoms with Crippen molar-refractivity contribution in [3.05, 3.63) is 12.7 Å². The molecule has 8 heteroatoms. The number of amides is 2. The summed E-state index contributed by atoms with van der Waals surface area (Å²) in [6.07, 6.45) is 4.49. The highest BCUT2D eigenvalue weighted by atomic mass is 16.6. The lowest BCUT2D eigenvalue weighted by atomic mass is 9.44. The molecule has 2 bridgehead atoms. The molecule has 0 radical (unpaired) electrons. The maximum Gasteiger partial charge on any atom is 0.416 e. The molecule has 4 aliphatic carbocycles. The first-order valence-corrected chi connectivity index (χ1v) is 13.7. The molecule has 0 aliphatic heterocycles. The Bertz CT molecular complexity index is 900. The Morgan fingerprint density at radius 2 is 1.72 bits per heavy atom. The second-order valence-corrected chi connectivity index (χ2v) is 12.5. The zero-order valence-corrected chi connectivity index (χ0v) is 22.3. The molecule has 4 N–H and O–H groups in total. The van der Waals surface area contributed by atoms with Crippen molar-refractivity contribution in [2.24, 2.45) is 39.7 Å². The molecule has 8 atom stereocenters. The van der Waals surface area contributed by atoms with Crippen molar-refractivity contribution in [2.45, 2.75) is 110 Å². The van der Waals surface area contributed by atoms with Crippen molar-refractivity contribution in [2.75, 3.05) is 0 Å². The third-order valence-electron chi connectivity index (χ3n) is 10.7. The number of Topliss-reactive ketones (excluding diaryl/α,β-unsaturated/α-hetero) is 1. The zero-order valence-electron chi connectivity index (χ0n) is 22.3. The molecule has 36 heavy (non-hydrogen) atoms. The van der Waals surface area contributed by atoms with Gasteiger partial charge in [0.05, 0.1) is 6.10 Å². The van der Waals surface area contributed by atoms with Crippen LogP contribution < -0.4 is 11.1 Å². The van der Waals surface area contributed by atoms with Gasteiger partial charge in [0.1, 0.15) is 18.0 Å². The molecule has 0 saturated heterocycles. The van der Waals surface area contributed by atoms with E-state index < -0.39 is 35.2 Å². The predicted octanol–water partition coefficient (Wildman–Crippen LogP) is 4.48. The van der Waals surface area contributed by atoms with E-state index in [2.05, 4.69) is 32.7 Å². The van der Waals surface area contributed by atoms with Crippen LogP contribution in [0.15, 0.2) is 12.7 Å². The smallest absolute Gasteiger partial charge is 0.416 e. The molecule has 0 aromatic rings. The minimum absolute atomic E-state index is 0.0999. The van der Waals surface area contributed by atoms with Crippen LogP contribution in [0.25, 0.3) is 0 Å². The molecule has 202 valence electrons. The van der Waals surface area contributed by atoms with E-state index >= 15 is 0 Å². The summed E-state index contributed by atoms with van der Waals surface area (Å²) in [5.41, 5.74) is 4.21. The summed E-state index contributed by atoms with van der Waals surface area (Å²) >= 11 is 0. The number of hydrogen-bond acceptors (Lipinski definition) is 7. The van der Waals surface area contributed by atoms with E-state index in [-0.39, 0.29) is 41.1 Å². The number of aliphatic hydroxyl groups excluding tert-OH is 1. The largest absolute Gasteiger partial charge is 0.446 e. The SMILES string of the molecule is C=C[C@]1(C)C[C@@H](OC(=O)NC(=O)OC2CCC(N)CC2)[C@@]2(C)C3C(=O)CCC3(CC[C@H]2C)[C@@H](C)[C@@H]1O. The average Bonchev–Trinajstić information content (AvgIpc) is 3.19. The Hall–Kier alpha value is -1.93. The van der Waals surface area contributed by atoms with Crippen LogP contribution >= 0.6 is 0 Å². The molecule has 4 saturated carbocycles. The lowest BCUT2D eigenvalue weighted by molar-refractivity contribution is -0.191. The first-order valence-electron chi connectivity index (χ1n) is 13.7. The monoisotopic (exact) mass is 504 g/mol. The second kappa shape index (κ2) is 9.75. The van der Waals surface area contributed by atoms with E-state index in [0.717, 1.165) is 32.1 Å².